The van der Waals surface area contributed by atoms with Gasteiger partial charge in [-0.2, -0.15) is 0 Å². The standard InChI is InChI=1S/C20H34O4/c1-5-6-7-8-9-10-11-12-13-14-15-16-17(2)19(21)24-18(3)20(22)23-4/h16H,3,5-15H2,1-2,4H3/b17-16+. The second-order valence-corrected chi connectivity index (χ2v) is 6.16. The molecule has 0 aromatic carbocycles. The predicted octanol–water partition coefficient (Wildman–Crippen LogP) is 5.47. The van der Waals surface area contributed by atoms with Crippen molar-refractivity contribution in [2.75, 3.05) is 7.11 Å². The number of hydrogen-bond acceptors (Lipinski definition) is 4. The lowest BCUT2D eigenvalue weighted by Gasteiger charge is -2.05. The fraction of sp³-hybridized carbons (Fsp3) is 0.700. The van der Waals surface area contributed by atoms with Crippen LogP contribution in [-0.4, -0.2) is 19.0 Å². The number of allylic oxidation sites excluding steroid dienone is 1. The van der Waals surface area contributed by atoms with E-state index in [0.29, 0.717) is 5.57 Å². The van der Waals surface area contributed by atoms with Gasteiger partial charge in [0.1, 0.15) is 0 Å². The maximum absolute atomic E-state index is 11.7. The molecular formula is C20H34O4. The Hall–Kier alpha value is -1.58. The molecule has 0 N–H and O–H groups in total. The molecule has 0 fully saturated rings. The van der Waals surface area contributed by atoms with Crippen LogP contribution < -0.4 is 0 Å². The lowest BCUT2D eigenvalue weighted by molar-refractivity contribution is -0.147. The Balaban J connectivity index is 3.66. The van der Waals surface area contributed by atoms with Crippen molar-refractivity contribution >= 4 is 11.9 Å². The molecule has 0 atom stereocenters. The number of rotatable bonds is 14. The summed E-state index contributed by atoms with van der Waals surface area (Å²) < 4.78 is 9.27. The summed E-state index contributed by atoms with van der Waals surface area (Å²) in [5, 5.41) is 0. The molecule has 0 heterocycles. The van der Waals surface area contributed by atoms with Gasteiger partial charge in [-0.05, 0) is 26.3 Å². The quantitative estimate of drug-likeness (QED) is 0.182. The van der Waals surface area contributed by atoms with Gasteiger partial charge in [0.2, 0.25) is 5.76 Å². The van der Waals surface area contributed by atoms with Crippen molar-refractivity contribution in [3.05, 3.63) is 24.0 Å². The van der Waals surface area contributed by atoms with Crippen LogP contribution in [0.5, 0.6) is 0 Å². The molecule has 4 heteroatoms. The van der Waals surface area contributed by atoms with Gasteiger partial charge in [-0.1, -0.05) is 70.8 Å². The van der Waals surface area contributed by atoms with Crippen LogP contribution in [0.2, 0.25) is 0 Å². The van der Waals surface area contributed by atoms with E-state index in [4.69, 9.17) is 4.74 Å². The molecule has 0 radical (unpaired) electrons. The van der Waals surface area contributed by atoms with Crippen molar-refractivity contribution in [2.24, 2.45) is 0 Å². The molecule has 0 bridgehead atoms. The second kappa shape index (κ2) is 15.0. The molecule has 138 valence electrons. The zero-order valence-corrected chi connectivity index (χ0v) is 15.7. The summed E-state index contributed by atoms with van der Waals surface area (Å²) >= 11 is 0. The van der Waals surface area contributed by atoms with Gasteiger partial charge in [-0.3, -0.25) is 0 Å². The topological polar surface area (TPSA) is 52.6 Å². The molecule has 0 aliphatic heterocycles. The molecule has 0 saturated heterocycles. The minimum absolute atomic E-state index is 0.283. The fourth-order valence-electron chi connectivity index (χ4n) is 2.38. The highest BCUT2D eigenvalue weighted by Crippen LogP contribution is 2.12. The van der Waals surface area contributed by atoms with Gasteiger partial charge in [0.05, 0.1) is 7.11 Å². The predicted molar refractivity (Wildman–Crippen MR) is 97.5 cm³/mol. The van der Waals surface area contributed by atoms with Crippen LogP contribution in [0.4, 0.5) is 0 Å². The van der Waals surface area contributed by atoms with E-state index in [2.05, 4.69) is 18.2 Å². The van der Waals surface area contributed by atoms with Gasteiger partial charge in [0, 0.05) is 5.57 Å². The van der Waals surface area contributed by atoms with Crippen molar-refractivity contribution in [2.45, 2.75) is 84.5 Å². The monoisotopic (exact) mass is 338 g/mol. The average Bonchev–Trinajstić information content (AvgIpc) is 2.58. The van der Waals surface area contributed by atoms with Crippen molar-refractivity contribution in [3.8, 4) is 0 Å². The molecule has 0 aromatic rings. The minimum Gasteiger partial charge on any atom is -0.463 e. The molecule has 24 heavy (non-hydrogen) atoms. The van der Waals surface area contributed by atoms with E-state index < -0.39 is 11.9 Å². The molecule has 0 unspecified atom stereocenters. The Morgan fingerprint density at radius 2 is 1.38 bits per heavy atom. The van der Waals surface area contributed by atoms with Crippen LogP contribution in [0.3, 0.4) is 0 Å². The van der Waals surface area contributed by atoms with Crippen molar-refractivity contribution in [1.82, 2.24) is 0 Å². The summed E-state index contributed by atoms with van der Waals surface area (Å²) in [4.78, 5) is 22.8. The summed E-state index contributed by atoms with van der Waals surface area (Å²) in [7, 11) is 1.22. The number of carbonyl (C=O) groups excluding carboxylic acids is 2. The average molecular weight is 338 g/mol. The Labute approximate surface area is 147 Å². The van der Waals surface area contributed by atoms with Gasteiger partial charge in [0.15, 0.2) is 0 Å². The molecule has 0 spiro atoms. The van der Waals surface area contributed by atoms with Crippen molar-refractivity contribution in [1.29, 1.82) is 0 Å². The summed E-state index contributed by atoms with van der Waals surface area (Å²) in [5.74, 6) is -1.56. The maximum atomic E-state index is 11.7. The Bertz CT molecular complexity index is 410. The van der Waals surface area contributed by atoms with Gasteiger partial charge in [-0.15, -0.1) is 0 Å². The molecule has 0 aliphatic carbocycles. The van der Waals surface area contributed by atoms with E-state index >= 15 is 0 Å². The third-order valence-corrected chi connectivity index (χ3v) is 3.96. The summed E-state index contributed by atoms with van der Waals surface area (Å²) in [6.45, 7) is 7.29. The first-order valence-electron chi connectivity index (χ1n) is 9.19. The van der Waals surface area contributed by atoms with Crippen molar-refractivity contribution in [3.63, 3.8) is 0 Å². The van der Waals surface area contributed by atoms with E-state index in [9.17, 15) is 9.59 Å². The molecule has 0 amide bonds. The molecule has 0 aliphatic rings. The van der Waals surface area contributed by atoms with Gasteiger partial charge in [0.25, 0.3) is 0 Å². The molecular weight excluding hydrogens is 304 g/mol. The maximum Gasteiger partial charge on any atom is 0.373 e. The number of carbonyl (C=O) groups is 2. The summed E-state index contributed by atoms with van der Waals surface area (Å²) in [5.41, 5.74) is 0.496. The SMILES string of the molecule is C=C(OC(=O)/C(C)=C/CCCCCCCCCCCC)C(=O)OC. The molecule has 0 rings (SSSR count). The van der Waals surface area contributed by atoms with Crippen LogP contribution in [0.15, 0.2) is 24.0 Å². The zero-order valence-electron chi connectivity index (χ0n) is 15.7. The first-order valence-corrected chi connectivity index (χ1v) is 9.19. The first-order chi connectivity index (χ1) is 11.5. The number of unbranched alkanes of at least 4 members (excludes halogenated alkanes) is 10. The molecule has 0 aromatic heterocycles. The molecule has 4 nitrogen and oxygen atoms in total. The van der Waals surface area contributed by atoms with Crippen LogP contribution >= 0.6 is 0 Å². The lowest BCUT2D eigenvalue weighted by Crippen LogP contribution is -2.12. The third-order valence-electron chi connectivity index (χ3n) is 3.96. The summed E-state index contributed by atoms with van der Waals surface area (Å²) in [6, 6.07) is 0. The Kier molecular flexibility index (Phi) is 14.0. The first kappa shape index (κ1) is 22.4. The van der Waals surface area contributed by atoms with Crippen LogP contribution in [0, 0.1) is 0 Å². The Morgan fingerprint density at radius 3 is 1.88 bits per heavy atom. The zero-order chi connectivity index (χ0) is 18.2. The van der Waals surface area contributed by atoms with E-state index in [1.165, 1.54) is 64.9 Å². The number of methoxy groups -OCH3 is 1. The van der Waals surface area contributed by atoms with E-state index in [0.717, 1.165) is 12.8 Å². The molecule has 0 saturated carbocycles. The number of hydrogen-bond donors (Lipinski definition) is 0. The van der Waals surface area contributed by atoms with Crippen LogP contribution in [0.1, 0.15) is 84.5 Å². The van der Waals surface area contributed by atoms with Gasteiger partial charge in [-0.25, -0.2) is 9.59 Å². The Morgan fingerprint density at radius 1 is 0.875 bits per heavy atom. The fourth-order valence-corrected chi connectivity index (χ4v) is 2.38. The number of ether oxygens (including phenoxy) is 2. The lowest BCUT2D eigenvalue weighted by atomic mass is 10.1. The highest BCUT2D eigenvalue weighted by molar-refractivity contribution is 5.94. The highest BCUT2D eigenvalue weighted by atomic mass is 16.6. The van der Waals surface area contributed by atoms with Crippen molar-refractivity contribution < 1.29 is 19.1 Å². The summed E-state index contributed by atoms with van der Waals surface area (Å²) in [6.07, 6.45) is 15.6. The van der Waals surface area contributed by atoms with Gasteiger partial charge >= 0.3 is 11.9 Å². The third kappa shape index (κ3) is 11.9. The van der Waals surface area contributed by atoms with E-state index in [1.807, 2.05) is 6.08 Å². The van der Waals surface area contributed by atoms with Gasteiger partial charge < -0.3 is 9.47 Å². The van der Waals surface area contributed by atoms with E-state index in [1.54, 1.807) is 6.92 Å². The highest BCUT2D eigenvalue weighted by Gasteiger charge is 2.14. The van der Waals surface area contributed by atoms with Crippen LogP contribution in [-0.2, 0) is 19.1 Å². The van der Waals surface area contributed by atoms with E-state index in [-0.39, 0.29) is 5.76 Å². The largest absolute Gasteiger partial charge is 0.463 e. The van der Waals surface area contributed by atoms with Crippen LogP contribution in [0.25, 0.3) is 0 Å². The second-order valence-electron chi connectivity index (χ2n) is 6.16. The normalized spacial score (nSPS) is 11.2. The smallest absolute Gasteiger partial charge is 0.373 e. The number of esters is 2. The minimum atomic E-state index is -0.731.